The average Bonchev–Trinajstić information content (AvgIpc) is 3.17. The molecule has 2 aliphatic rings. The number of sulfonamides is 1. The van der Waals surface area contributed by atoms with E-state index in [0.29, 0.717) is 10.8 Å². The molecule has 2 aromatic carbocycles. The smallest absolute Gasteiger partial charge is 0.242 e. The van der Waals surface area contributed by atoms with Crippen molar-refractivity contribution in [2.45, 2.75) is 23.3 Å². The minimum atomic E-state index is -3.45. The molecule has 1 heterocycles. The third-order valence-corrected chi connectivity index (χ3v) is 7.40. The summed E-state index contributed by atoms with van der Waals surface area (Å²) in [6.07, 6.45) is 5.35. The standard InChI is InChI=1S/C21H24N2O3S/c1-23(2)27(24,25)14-11-12-19-18(13-14)15-8-6-9-16(15)21(22-19)17-7-4-5-10-20(17)26-3/h4-8,10-13,15-16,21-22H,9H2,1-3H3. The van der Waals surface area contributed by atoms with Gasteiger partial charge in [0.1, 0.15) is 5.75 Å². The maximum Gasteiger partial charge on any atom is 0.242 e. The number of nitrogens with zero attached hydrogens (tertiary/aromatic N) is 1. The number of benzene rings is 2. The third kappa shape index (κ3) is 2.93. The third-order valence-electron chi connectivity index (χ3n) is 5.59. The van der Waals surface area contributed by atoms with Gasteiger partial charge in [-0.05, 0) is 42.2 Å². The molecule has 142 valence electrons. The number of ether oxygens (including phenoxy) is 1. The summed E-state index contributed by atoms with van der Waals surface area (Å²) in [6, 6.07) is 13.6. The van der Waals surface area contributed by atoms with Crippen molar-refractivity contribution >= 4 is 15.7 Å². The normalized spacial score (nSPS) is 23.6. The predicted molar refractivity (Wildman–Crippen MR) is 107 cm³/mol. The van der Waals surface area contributed by atoms with Crippen molar-refractivity contribution in [3.8, 4) is 5.75 Å². The summed E-state index contributed by atoms with van der Waals surface area (Å²) in [5.41, 5.74) is 3.16. The Hall–Kier alpha value is -2.31. The van der Waals surface area contributed by atoms with Crippen LogP contribution < -0.4 is 10.1 Å². The van der Waals surface area contributed by atoms with E-state index in [-0.39, 0.29) is 12.0 Å². The minimum Gasteiger partial charge on any atom is -0.496 e. The van der Waals surface area contributed by atoms with Gasteiger partial charge in [0.2, 0.25) is 10.0 Å². The van der Waals surface area contributed by atoms with Gasteiger partial charge < -0.3 is 10.1 Å². The Labute approximate surface area is 160 Å². The van der Waals surface area contributed by atoms with E-state index in [4.69, 9.17) is 4.74 Å². The van der Waals surface area contributed by atoms with Gasteiger partial charge in [-0.25, -0.2) is 12.7 Å². The van der Waals surface area contributed by atoms with Crippen LogP contribution in [-0.2, 0) is 10.0 Å². The highest BCUT2D eigenvalue weighted by molar-refractivity contribution is 7.89. The molecule has 0 fully saturated rings. The van der Waals surface area contributed by atoms with Gasteiger partial charge in [0.25, 0.3) is 0 Å². The molecule has 1 aliphatic heterocycles. The van der Waals surface area contributed by atoms with Crippen molar-refractivity contribution in [1.82, 2.24) is 4.31 Å². The second-order valence-electron chi connectivity index (χ2n) is 7.25. The van der Waals surface area contributed by atoms with Crippen molar-refractivity contribution in [1.29, 1.82) is 0 Å². The lowest BCUT2D eigenvalue weighted by molar-refractivity contribution is 0.381. The molecule has 0 saturated carbocycles. The Kier molecular flexibility index (Phi) is 4.48. The van der Waals surface area contributed by atoms with Gasteiger partial charge in [-0.3, -0.25) is 0 Å². The molecular formula is C21H24N2O3S. The highest BCUT2D eigenvalue weighted by Crippen LogP contribution is 2.51. The quantitative estimate of drug-likeness (QED) is 0.815. The second-order valence-corrected chi connectivity index (χ2v) is 9.41. The van der Waals surface area contributed by atoms with Crippen LogP contribution in [0.5, 0.6) is 5.75 Å². The van der Waals surface area contributed by atoms with Crippen molar-refractivity contribution in [3.05, 3.63) is 65.7 Å². The molecule has 1 aliphatic carbocycles. The summed E-state index contributed by atoms with van der Waals surface area (Å²) in [6.45, 7) is 0. The molecule has 0 radical (unpaired) electrons. The first-order valence-corrected chi connectivity index (χ1v) is 10.5. The zero-order valence-electron chi connectivity index (χ0n) is 15.7. The number of methoxy groups -OCH3 is 1. The van der Waals surface area contributed by atoms with E-state index in [1.54, 1.807) is 27.3 Å². The summed E-state index contributed by atoms with van der Waals surface area (Å²) >= 11 is 0. The molecule has 0 aromatic heterocycles. The molecule has 6 heteroatoms. The van der Waals surface area contributed by atoms with E-state index in [1.165, 1.54) is 4.31 Å². The number of hydrogen-bond acceptors (Lipinski definition) is 4. The van der Waals surface area contributed by atoms with E-state index >= 15 is 0 Å². The molecule has 0 amide bonds. The number of hydrogen-bond donors (Lipinski definition) is 1. The van der Waals surface area contributed by atoms with Gasteiger partial charge in [0, 0.05) is 31.3 Å². The van der Waals surface area contributed by atoms with E-state index < -0.39 is 10.0 Å². The van der Waals surface area contributed by atoms with E-state index in [0.717, 1.165) is 29.0 Å². The molecule has 3 atom stereocenters. The maximum absolute atomic E-state index is 12.6. The molecule has 1 N–H and O–H groups in total. The first kappa shape index (κ1) is 18.1. The number of anilines is 1. The van der Waals surface area contributed by atoms with Crippen LogP contribution in [-0.4, -0.2) is 33.9 Å². The van der Waals surface area contributed by atoms with Crippen LogP contribution in [0.2, 0.25) is 0 Å². The Morgan fingerprint density at radius 3 is 2.63 bits per heavy atom. The lowest BCUT2D eigenvalue weighted by Crippen LogP contribution is -2.30. The Bertz CT molecular complexity index is 998. The topological polar surface area (TPSA) is 58.6 Å². The minimum absolute atomic E-state index is 0.116. The molecule has 0 saturated heterocycles. The first-order chi connectivity index (χ1) is 12.9. The van der Waals surface area contributed by atoms with Crippen molar-refractivity contribution in [2.75, 3.05) is 26.5 Å². The van der Waals surface area contributed by atoms with Crippen LogP contribution in [0.25, 0.3) is 0 Å². The Balaban J connectivity index is 1.79. The highest BCUT2D eigenvalue weighted by Gasteiger charge is 2.39. The zero-order valence-corrected chi connectivity index (χ0v) is 16.5. The molecule has 5 nitrogen and oxygen atoms in total. The monoisotopic (exact) mass is 384 g/mol. The summed E-state index contributed by atoms with van der Waals surface area (Å²) < 4.78 is 31.9. The maximum atomic E-state index is 12.6. The molecule has 4 rings (SSSR count). The first-order valence-electron chi connectivity index (χ1n) is 9.06. The van der Waals surface area contributed by atoms with E-state index in [1.807, 2.05) is 30.3 Å². The highest BCUT2D eigenvalue weighted by atomic mass is 32.2. The van der Waals surface area contributed by atoms with E-state index in [2.05, 4.69) is 23.5 Å². The fraction of sp³-hybridized carbons (Fsp3) is 0.333. The van der Waals surface area contributed by atoms with Crippen LogP contribution in [0.3, 0.4) is 0 Å². The molecule has 3 unspecified atom stereocenters. The average molecular weight is 385 g/mol. The molecular weight excluding hydrogens is 360 g/mol. The summed E-state index contributed by atoms with van der Waals surface area (Å²) in [5, 5.41) is 3.64. The van der Waals surface area contributed by atoms with Gasteiger partial charge in [-0.15, -0.1) is 0 Å². The molecule has 0 bridgehead atoms. The second kappa shape index (κ2) is 6.69. The van der Waals surface area contributed by atoms with E-state index in [9.17, 15) is 8.42 Å². The number of rotatable bonds is 4. The summed E-state index contributed by atoms with van der Waals surface area (Å²) in [4.78, 5) is 0.336. The molecule has 2 aromatic rings. The van der Waals surface area contributed by atoms with Crippen LogP contribution in [0.15, 0.2) is 59.5 Å². The van der Waals surface area contributed by atoms with Crippen LogP contribution in [0.1, 0.15) is 29.5 Å². The summed E-state index contributed by atoms with van der Waals surface area (Å²) in [5.74, 6) is 1.38. The fourth-order valence-electron chi connectivity index (χ4n) is 4.17. The predicted octanol–water partition coefficient (Wildman–Crippen LogP) is 3.77. The number of fused-ring (bicyclic) bond motifs is 3. The van der Waals surface area contributed by atoms with Crippen molar-refractivity contribution < 1.29 is 13.2 Å². The van der Waals surface area contributed by atoms with Gasteiger partial charge in [0.15, 0.2) is 0 Å². The van der Waals surface area contributed by atoms with Crippen LogP contribution in [0, 0.1) is 5.92 Å². The van der Waals surface area contributed by atoms with Crippen LogP contribution >= 0.6 is 0 Å². The fourth-order valence-corrected chi connectivity index (χ4v) is 5.11. The van der Waals surface area contributed by atoms with Gasteiger partial charge in [0.05, 0.1) is 18.0 Å². The van der Waals surface area contributed by atoms with Gasteiger partial charge in [-0.2, -0.15) is 0 Å². The van der Waals surface area contributed by atoms with Crippen molar-refractivity contribution in [3.63, 3.8) is 0 Å². The number of nitrogens with one attached hydrogen (secondary N) is 1. The zero-order chi connectivity index (χ0) is 19.2. The Morgan fingerprint density at radius 2 is 1.89 bits per heavy atom. The molecule has 0 spiro atoms. The van der Waals surface area contributed by atoms with Gasteiger partial charge in [-0.1, -0.05) is 30.4 Å². The number of allylic oxidation sites excluding steroid dienone is 2. The largest absolute Gasteiger partial charge is 0.496 e. The van der Waals surface area contributed by atoms with Crippen molar-refractivity contribution in [2.24, 2.45) is 5.92 Å². The summed E-state index contributed by atoms with van der Waals surface area (Å²) in [7, 11) is 1.36. The lowest BCUT2D eigenvalue weighted by Gasteiger charge is -2.38. The van der Waals surface area contributed by atoms with Gasteiger partial charge >= 0.3 is 0 Å². The lowest BCUT2D eigenvalue weighted by atomic mass is 9.77. The number of para-hydroxylation sites is 1. The Morgan fingerprint density at radius 1 is 1.11 bits per heavy atom. The van der Waals surface area contributed by atoms with Crippen LogP contribution in [0.4, 0.5) is 5.69 Å². The SMILES string of the molecule is COc1ccccc1C1Nc2ccc(S(=O)(=O)N(C)C)cc2C2C=CCC21. The molecule has 27 heavy (non-hydrogen) atoms.